The van der Waals surface area contributed by atoms with E-state index in [2.05, 4.69) is 33.2 Å². The highest BCUT2D eigenvalue weighted by Gasteiger charge is 2.09. The van der Waals surface area contributed by atoms with Gasteiger partial charge in [0.15, 0.2) is 0 Å². The van der Waals surface area contributed by atoms with Crippen molar-refractivity contribution in [3.8, 4) is 5.75 Å². The van der Waals surface area contributed by atoms with Crippen molar-refractivity contribution < 1.29 is 9.90 Å². The molecule has 1 aromatic rings. The van der Waals surface area contributed by atoms with Crippen molar-refractivity contribution in [2.24, 2.45) is 0 Å². The molecule has 16 heavy (non-hydrogen) atoms. The molecule has 88 valence electrons. The van der Waals surface area contributed by atoms with E-state index in [-0.39, 0.29) is 17.2 Å². The Morgan fingerprint density at radius 2 is 2.44 bits per heavy atom. The van der Waals surface area contributed by atoms with Gasteiger partial charge in [-0.05, 0) is 18.9 Å². The Hall–Kier alpha value is -1.10. The average Bonchev–Trinajstić information content (AvgIpc) is 2.24. The molecule has 1 amide bonds. The van der Waals surface area contributed by atoms with Crippen molar-refractivity contribution in [2.75, 3.05) is 6.54 Å². The summed E-state index contributed by atoms with van der Waals surface area (Å²) < 4.78 is 0. The maximum Gasteiger partial charge on any atom is 0.255 e. The molecule has 0 radical (unpaired) electrons. The molecule has 5 heteroatoms. The first-order chi connectivity index (χ1) is 7.61. The first-order valence-electron chi connectivity index (χ1n) is 5.16. The Kier molecular flexibility index (Phi) is 5.25. The SMILES string of the molecule is CC(Br)CCCNC(=O)c1ccncc1O. The van der Waals surface area contributed by atoms with Gasteiger partial charge in [0.05, 0.1) is 11.8 Å². The molecule has 0 aliphatic carbocycles. The summed E-state index contributed by atoms with van der Waals surface area (Å²) in [7, 11) is 0. The predicted octanol–water partition coefficient (Wildman–Crippen LogP) is 2.08. The molecule has 0 saturated heterocycles. The molecular formula is C11H15BrN2O2. The van der Waals surface area contributed by atoms with Crippen molar-refractivity contribution >= 4 is 21.8 Å². The number of aromatic hydroxyl groups is 1. The third kappa shape index (κ3) is 4.18. The number of hydrogen-bond donors (Lipinski definition) is 2. The van der Waals surface area contributed by atoms with Crippen molar-refractivity contribution in [2.45, 2.75) is 24.6 Å². The maximum atomic E-state index is 11.6. The zero-order valence-corrected chi connectivity index (χ0v) is 10.7. The fourth-order valence-electron chi connectivity index (χ4n) is 1.26. The first-order valence-corrected chi connectivity index (χ1v) is 6.08. The molecule has 4 nitrogen and oxygen atoms in total. The van der Waals surface area contributed by atoms with E-state index in [4.69, 9.17) is 0 Å². The molecule has 1 unspecified atom stereocenters. The van der Waals surface area contributed by atoms with Crippen LogP contribution in [0.1, 0.15) is 30.1 Å². The number of carbonyl (C=O) groups excluding carboxylic acids is 1. The summed E-state index contributed by atoms with van der Waals surface area (Å²) in [5.74, 6) is -0.351. The van der Waals surface area contributed by atoms with Gasteiger partial charge in [-0.15, -0.1) is 0 Å². The van der Waals surface area contributed by atoms with Crippen molar-refractivity contribution in [1.29, 1.82) is 0 Å². The van der Waals surface area contributed by atoms with E-state index in [0.717, 1.165) is 12.8 Å². The number of nitrogens with zero attached hydrogens (tertiary/aromatic N) is 1. The number of nitrogens with one attached hydrogen (secondary N) is 1. The summed E-state index contributed by atoms with van der Waals surface area (Å²) in [6.07, 6.45) is 4.65. The molecule has 0 bridgehead atoms. The normalized spacial score (nSPS) is 12.1. The van der Waals surface area contributed by atoms with E-state index >= 15 is 0 Å². The standard InChI is InChI=1S/C11H15BrN2O2/c1-8(12)3-2-5-14-11(16)9-4-6-13-7-10(9)15/h4,6-8,15H,2-3,5H2,1H3,(H,14,16). The molecule has 2 N–H and O–H groups in total. The molecule has 0 aliphatic heterocycles. The molecule has 1 atom stereocenters. The fourth-order valence-corrected chi connectivity index (χ4v) is 1.58. The van der Waals surface area contributed by atoms with Crippen LogP contribution >= 0.6 is 15.9 Å². The number of aromatic nitrogens is 1. The molecule has 1 rings (SSSR count). The smallest absolute Gasteiger partial charge is 0.255 e. The van der Waals surface area contributed by atoms with Crippen LogP contribution in [0.4, 0.5) is 0 Å². The highest BCUT2D eigenvalue weighted by atomic mass is 79.9. The van der Waals surface area contributed by atoms with Gasteiger partial charge in [-0.25, -0.2) is 0 Å². The molecule has 0 fully saturated rings. The van der Waals surface area contributed by atoms with Gasteiger partial charge in [0.1, 0.15) is 5.75 Å². The molecular weight excluding hydrogens is 272 g/mol. The van der Waals surface area contributed by atoms with Crippen LogP contribution in [0.25, 0.3) is 0 Å². The molecule has 0 saturated carbocycles. The minimum absolute atomic E-state index is 0.0890. The summed E-state index contributed by atoms with van der Waals surface area (Å²) in [6, 6.07) is 1.50. The van der Waals surface area contributed by atoms with Gasteiger partial charge in [-0.3, -0.25) is 9.78 Å². The molecule has 0 spiro atoms. The number of alkyl halides is 1. The second-order valence-corrected chi connectivity index (χ2v) is 5.13. The summed E-state index contributed by atoms with van der Waals surface area (Å²) in [6.45, 7) is 2.67. The number of amides is 1. The Morgan fingerprint density at radius 3 is 3.06 bits per heavy atom. The van der Waals surface area contributed by atoms with Gasteiger partial charge in [0.25, 0.3) is 5.91 Å². The Morgan fingerprint density at radius 1 is 1.69 bits per heavy atom. The lowest BCUT2D eigenvalue weighted by molar-refractivity contribution is 0.0950. The minimum atomic E-state index is -0.262. The highest BCUT2D eigenvalue weighted by Crippen LogP contribution is 2.13. The van der Waals surface area contributed by atoms with Gasteiger partial charge < -0.3 is 10.4 Å². The number of pyridine rings is 1. The van der Waals surface area contributed by atoms with Crippen LogP contribution in [-0.4, -0.2) is 27.4 Å². The van der Waals surface area contributed by atoms with Gasteiger partial charge in [0.2, 0.25) is 0 Å². The molecule has 1 heterocycles. The molecule has 0 aliphatic rings. The molecule has 1 aromatic heterocycles. The number of halogens is 1. The van der Waals surface area contributed by atoms with E-state index in [1.807, 2.05) is 0 Å². The van der Waals surface area contributed by atoms with Crippen molar-refractivity contribution in [3.63, 3.8) is 0 Å². The quantitative estimate of drug-likeness (QED) is 0.644. The number of rotatable bonds is 5. The Labute approximate surface area is 103 Å². The van der Waals surface area contributed by atoms with E-state index in [1.165, 1.54) is 18.5 Å². The van der Waals surface area contributed by atoms with E-state index in [0.29, 0.717) is 11.4 Å². The second kappa shape index (κ2) is 6.48. The van der Waals surface area contributed by atoms with Crippen LogP contribution in [-0.2, 0) is 0 Å². The number of hydrogen-bond acceptors (Lipinski definition) is 3. The minimum Gasteiger partial charge on any atom is -0.505 e. The third-order valence-corrected chi connectivity index (χ3v) is 2.57. The average molecular weight is 287 g/mol. The largest absolute Gasteiger partial charge is 0.505 e. The molecule has 0 aromatic carbocycles. The lowest BCUT2D eigenvalue weighted by atomic mass is 10.2. The Balaban J connectivity index is 2.39. The van der Waals surface area contributed by atoms with Crippen LogP contribution in [0.3, 0.4) is 0 Å². The second-order valence-electron chi connectivity index (χ2n) is 3.57. The van der Waals surface area contributed by atoms with Gasteiger partial charge in [-0.1, -0.05) is 22.9 Å². The van der Waals surface area contributed by atoms with Crippen LogP contribution in [0.2, 0.25) is 0 Å². The van der Waals surface area contributed by atoms with Crippen LogP contribution < -0.4 is 5.32 Å². The summed E-state index contributed by atoms with van der Waals surface area (Å²) in [5.41, 5.74) is 0.266. The maximum absolute atomic E-state index is 11.6. The van der Waals surface area contributed by atoms with Gasteiger partial charge >= 0.3 is 0 Å². The van der Waals surface area contributed by atoms with E-state index < -0.39 is 0 Å². The van der Waals surface area contributed by atoms with E-state index in [1.54, 1.807) is 0 Å². The third-order valence-electron chi connectivity index (χ3n) is 2.11. The lowest BCUT2D eigenvalue weighted by Crippen LogP contribution is -2.24. The van der Waals surface area contributed by atoms with Gasteiger partial charge in [0, 0.05) is 17.6 Å². The summed E-state index contributed by atoms with van der Waals surface area (Å²) in [5, 5.41) is 12.1. The monoisotopic (exact) mass is 286 g/mol. The fraction of sp³-hybridized carbons (Fsp3) is 0.455. The van der Waals surface area contributed by atoms with Crippen LogP contribution in [0, 0.1) is 0 Å². The van der Waals surface area contributed by atoms with E-state index in [9.17, 15) is 9.90 Å². The summed E-state index contributed by atoms with van der Waals surface area (Å²) >= 11 is 3.44. The van der Waals surface area contributed by atoms with Crippen LogP contribution in [0.5, 0.6) is 5.75 Å². The lowest BCUT2D eigenvalue weighted by Gasteiger charge is -2.06. The zero-order valence-electron chi connectivity index (χ0n) is 9.11. The highest BCUT2D eigenvalue weighted by molar-refractivity contribution is 9.09. The van der Waals surface area contributed by atoms with Crippen molar-refractivity contribution in [3.05, 3.63) is 24.0 Å². The topological polar surface area (TPSA) is 62.2 Å². The zero-order chi connectivity index (χ0) is 12.0. The Bertz CT molecular complexity index is 356. The predicted molar refractivity (Wildman–Crippen MR) is 65.9 cm³/mol. The number of carbonyl (C=O) groups is 1. The van der Waals surface area contributed by atoms with Gasteiger partial charge in [-0.2, -0.15) is 0 Å². The van der Waals surface area contributed by atoms with Crippen LogP contribution in [0.15, 0.2) is 18.5 Å². The van der Waals surface area contributed by atoms with Crippen molar-refractivity contribution in [1.82, 2.24) is 10.3 Å². The first kappa shape index (κ1) is 13.0. The summed E-state index contributed by atoms with van der Waals surface area (Å²) in [4.78, 5) is 15.8.